The average Bonchev–Trinajstić information content (AvgIpc) is 3.51. The summed E-state index contributed by atoms with van der Waals surface area (Å²) in [5.74, 6) is -0.730. The van der Waals surface area contributed by atoms with Crippen molar-refractivity contribution in [2.45, 2.75) is 44.4 Å². The number of carboxylic acid groups (broad SMARTS) is 1. The standard InChI is InChI=1S/C28H31N7O5/c1-4-28-13-12-21(34(17-36)23-7-5-6-14-29-23)15-22(28)35(18(2)26(37)38)24(33(28)3)16-30-20-10-8-19(9-11-20)25-31-27(39)40-32-25/h5-12,14-15,17-18,24,30H,4,13,16H2,1-3H3,(H,37,38)(H,31,32,39). The van der Waals surface area contributed by atoms with Crippen LogP contribution in [0.2, 0.25) is 0 Å². The van der Waals surface area contributed by atoms with Gasteiger partial charge in [0.25, 0.3) is 0 Å². The van der Waals surface area contributed by atoms with Crippen molar-refractivity contribution in [3.05, 3.63) is 82.8 Å². The molecule has 3 heterocycles. The Kier molecular flexibility index (Phi) is 7.26. The summed E-state index contributed by atoms with van der Waals surface area (Å²) in [6.45, 7) is 4.20. The first-order chi connectivity index (χ1) is 19.3. The number of nitrogens with zero attached hydrogens (tertiary/aromatic N) is 5. The number of anilines is 2. The molecule has 3 N–H and O–H groups in total. The molecular weight excluding hydrogens is 514 g/mol. The van der Waals surface area contributed by atoms with Crippen molar-refractivity contribution < 1.29 is 19.2 Å². The molecule has 0 spiro atoms. The number of hydrogen-bond donors (Lipinski definition) is 3. The number of H-pyrrole nitrogens is 1. The first-order valence-corrected chi connectivity index (χ1v) is 13.0. The highest BCUT2D eigenvalue weighted by Gasteiger charge is 2.54. The zero-order valence-electron chi connectivity index (χ0n) is 22.4. The van der Waals surface area contributed by atoms with Gasteiger partial charge >= 0.3 is 11.7 Å². The molecule has 2 aliphatic rings. The number of hydrogen-bond acceptors (Lipinski definition) is 9. The third kappa shape index (κ3) is 4.66. The number of aromatic nitrogens is 3. The number of rotatable bonds is 10. The molecule has 2 aromatic heterocycles. The highest BCUT2D eigenvalue weighted by Crippen LogP contribution is 2.47. The molecule has 1 aliphatic carbocycles. The number of amides is 1. The van der Waals surface area contributed by atoms with Gasteiger partial charge in [-0.05, 0) is 69.3 Å². The quantitative estimate of drug-likeness (QED) is 0.325. The summed E-state index contributed by atoms with van der Waals surface area (Å²) in [5, 5.41) is 17.2. The van der Waals surface area contributed by atoms with Crippen molar-refractivity contribution >= 4 is 23.9 Å². The maximum Gasteiger partial charge on any atom is 0.439 e. The van der Waals surface area contributed by atoms with Crippen LogP contribution in [-0.2, 0) is 9.59 Å². The lowest BCUT2D eigenvalue weighted by Crippen LogP contribution is -2.50. The number of aliphatic carboxylic acids is 1. The monoisotopic (exact) mass is 545 g/mol. The minimum atomic E-state index is -0.940. The molecule has 0 radical (unpaired) electrons. The van der Waals surface area contributed by atoms with E-state index in [0.717, 1.165) is 24.2 Å². The van der Waals surface area contributed by atoms with Gasteiger partial charge in [0.1, 0.15) is 18.0 Å². The van der Waals surface area contributed by atoms with Crippen LogP contribution >= 0.6 is 0 Å². The van der Waals surface area contributed by atoms with E-state index in [1.54, 1.807) is 25.3 Å². The lowest BCUT2D eigenvalue weighted by Gasteiger charge is -2.39. The van der Waals surface area contributed by atoms with Crippen LogP contribution in [0.4, 0.5) is 11.5 Å². The third-order valence-corrected chi connectivity index (χ3v) is 7.86. The number of carbonyl (C=O) groups is 2. The molecular formula is C28H31N7O5. The van der Waals surface area contributed by atoms with Crippen LogP contribution in [-0.4, -0.2) is 73.7 Å². The van der Waals surface area contributed by atoms with Gasteiger partial charge < -0.3 is 15.3 Å². The summed E-state index contributed by atoms with van der Waals surface area (Å²) in [6, 6.07) is 11.9. The smallest absolute Gasteiger partial charge is 0.439 e. The van der Waals surface area contributed by atoms with Gasteiger partial charge in [-0.3, -0.25) is 24.1 Å². The largest absolute Gasteiger partial charge is 0.480 e. The number of carbonyl (C=O) groups excluding carboxylic acids is 1. The molecule has 1 aliphatic heterocycles. The number of pyridine rings is 1. The number of allylic oxidation sites excluding steroid dienone is 1. The Hall–Kier alpha value is -4.71. The first-order valence-electron chi connectivity index (χ1n) is 13.0. The molecule has 1 amide bonds. The molecule has 3 atom stereocenters. The number of carboxylic acids is 1. The van der Waals surface area contributed by atoms with Gasteiger partial charge in [-0.15, -0.1) is 0 Å². The van der Waals surface area contributed by atoms with Crippen LogP contribution in [0, 0.1) is 0 Å². The molecule has 208 valence electrons. The second-order valence-corrected chi connectivity index (χ2v) is 9.83. The molecule has 40 heavy (non-hydrogen) atoms. The van der Waals surface area contributed by atoms with Crippen molar-refractivity contribution in [3.63, 3.8) is 0 Å². The zero-order chi connectivity index (χ0) is 28.4. The molecule has 0 saturated carbocycles. The Balaban J connectivity index is 1.45. The van der Waals surface area contributed by atoms with Crippen LogP contribution in [0.5, 0.6) is 0 Å². The van der Waals surface area contributed by atoms with E-state index in [4.69, 9.17) is 0 Å². The van der Waals surface area contributed by atoms with E-state index in [2.05, 4.69) is 36.8 Å². The Bertz CT molecular complexity index is 1500. The summed E-state index contributed by atoms with van der Waals surface area (Å²) in [5.41, 5.74) is 2.58. The van der Waals surface area contributed by atoms with E-state index in [1.165, 1.54) is 4.90 Å². The van der Waals surface area contributed by atoms with Gasteiger partial charge in [0.05, 0.1) is 5.54 Å². The van der Waals surface area contributed by atoms with E-state index in [-0.39, 0.29) is 6.17 Å². The summed E-state index contributed by atoms with van der Waals surface area (Å²) in [7, 11) is 2.01. The van der Waals surface area contributed by atoms with Crippen LogP contribution in [0.3, 0.4) is 0 Å². The first kappa shape index (κ1) is 26.9. The topological polar surface area (TPSA) is 148 Å². The van der Waals surface area contributed by atoms with Crippen molar-refractivity contribution in [3.8, 4) is 11.4 Å². The molecule has 1 saturated heterocycles. The number of aromatic amines is 1. The fraction of sp³-hybridized carbons (Fsp3) is 0.321. The number of benzene rings is 1. The van der Waals surface area contributed by atoms with E-state index in [1.807, 2.05) is 54.4 Å². The van der Waals surface area contributed by atoms with Gasteiger partial charge in [0, 0.05) is 35.4 Å². The van der Waals surface area contributed by atoms with E-state index < -0.39 is 23.3 Å². The van der Waals surface area contributed by atoms with Gasteiger partial charge in [-0.2, -0.15) is 0 Å². The van der Waals surface area contributed by atoms with Crippen molar-refractivity contribution in [1.82, 2.24) is 24.9 Å². The maximum atomic E-state index is 12.3. The van der Waals surface area contributed by atoms with Crippen molar-refractivity contribution in [2.75, 3.05) is 23.8 Å². The second-order valence-electron chi connectivity index (χ2n) is 9.83. The minimum Gasteiger partial charge on any atom is -0.480 e. The highest BCUT2D eigenvalue weighted by atomic mass is 16.5. The van der Waals surface area contributed by atoms with Gasteiger partial charge in [0.2, 0.25) is 6.41 Å². The Morgan fingerprint density at radius 1 is 1.32 bits per heavy atom. The van der Waals surface area contributed by atoms with E-state index in [0.29, 0.717) is 35.9 Å². The van der Waals surface area contributed by atoms with Crippen LogP contribution in [0.1, 0.15) is 26.7 Å². The fourth-order valence-corrected chi connectivity index (χ4v) is 5.60. The number of likely N-dealkylation sites (N-methyl/N-ethyl adjacent to an activating group) is 1. The lowest BCUT2D eigenvalue weighted by atomic mass is 9.83. The van der Waals surface area contributed by atoms with E-state index in [9.17, 15) is 19.5 Å². The Labute approximate surface area is 230 Å². The molecule has 1 fully saturated rings. The maximum absolute atomic E-state index is 12.3. The van der Waals surface area contributed by atoms with Gasteiger partial charge in [-0.1, -0.05) is 24.2 Å². The average molecular weight is 546 g/mol. The van der Waals surface area contributed by atoms with Crippen LogP contribution in [0.25, 0.3) is 11.4 Å². The second kappa shape index (κ2) is 10.8. The molecule has 3 unspecified atom stereocenters. The summed E-state index contributed by atoms with van der Waals surface area (Å²) in [6.07, 6.45) is 7.33. The summed E-state index contributed by atoms with van der Waals surface area (Å²) < 4.78 is 4.58. The number of nitrogens with one attached hydrogen (secondary N) is 2. The van der Waals surface area contributed by atoms with Crippen molar-refractivity contribution in [2.24, 2.45) is 0 Å². The minimum absolute atomic E-state index is 0.295. The summed E-state index contributed by atoms with van der Waals surface area (Å²) >= 11 is 0. The van der Waals surface area contributed by atoms with Gasteiger partial charge in [-0.25, -0.2) is 14.6 Å². The molecule has 12 nitrogen and oxygen atoms in total. The van der Waals surface area contributed by atoms with Crippen molar-refractivity contribution in [1.29, 1.82) is 0 Å². The predicted octanol–water partition coefficient (Wildman–Crippen LogP) is 2.87. The predicted molar refractivity (Wildman–Crippen MR) is 148 cm³/mol. The third-order valence-electron chi connectivity index (χ3n) is 7.86. The normalized spacial score (nSPS) is 21.3. The molecule has 1 aromatic carbocycles. The lowest BCUT2D eigenvalue weighted by molar-refractivity contribution is -0.142. The molecule has 12 heteroatoms. The Morgan fingerprint density at radius 2 is 2.10 bits per heavy atom. The Morgan fingerprint density at radius 3 is 2.70 bits per heavy atom. The number of fused-ring (bicyclic) bond motifs is 1. The highest BCUT2D eigenvalue weighted by molar-refractivity contribution is 5.80. The fourth-order valence-electron chi connectivity index (χ4n) is 5.60. The van der Waals surface area contributed by atoms with Crippen LogP contribution < -0.4 is 16.0 Å². The summed E-state index contributed by atoms with van der Waals surface area (Å²) in [4.78, 5) is 48.2. The molecule has 0 bridgehead atoms. The van der Waals surface area contributed by atoms with Gasteiger partial charge in [0.15, 0.2) is 5.82 Å². The molecule has 3 aromatic rings. The molecule has 5 rings (SSSR count). The SMILES string of the molecule is CCC12CC=C(N(C=O)c3ccccn3)C=C1N(C(C)C(=O)O)C(CNc1ccc(-c3noc(=O)[nH]3)cc1)N2C. The van der Waals surface area contributed by atoms with Crippen LogP contribution in [0.15, 0.2) is 81.5 Å². The van der Waals surface area contributed by atoms with E-state index >= 15 is 0 Å². The zero-order valence-corrected chi connectivity index (χ0v) is 22.4.